The summed E-state index contributed by atoms with van der Waals surface area (Å²) in [7, 11) is 0. The summed E-state index contributed by atoms with van der Waals surface area (Å²) in [6.45, 7) is 5.59. The Morgan fingerprint density at radius 2 is 2.05 bits per heavy atom. The molecule has 0 radical (unpaired) electrons. The lowest BCUT2D eigenvalue weighted by Gasteiger charge is -2.19. The molecular formula is C15H18ClN3O2S. The number of hydrogen-bond acceptors (Lipinski definition) is 4. The van der Waals surface area contributed by atoms with Crippen molar-refractivity contribution in [2.75, 3.05) is 18.4 Å². The molecule has 7 heteroatoms. The Bertz CT molecular complexity index is 602. The second kappa shape index (κ2) is 7.65. The molecule has 0 spiro atoms. The Morgan fingerprint density at radius 3 is 2.68 bits per heavy atom. The molecule has 5 nitrogen and oxygen atoms in total. The number of amidine groups is 1. The Labute approximate surface area is 139 Å². The summed E-state index contributed by atoms with van der Waals surface area (Å²) < 4.78 is 0. The van der Waals surface area contributed by atoms with Crippen LogP contribution in [0.25, 0.3) is 0 Å². The van der Waals surface area contributed by atoms with Gasteiger partial charge in [-0.3, -0.25) is 9.59 Å². The van der Waals surface area contributed by atoms with E-state index in [0.717, 1.165) is 13.1 Å². The summed E-state index contributed by atoms with van der Waals surface area (Å²) in [6.07, 6.45) is 0.0863. The first-order chi connectivity index (χ1) is 10.5. The number of para-hydroxylation sites is 1. The van der Waals surface area contributed by atoms with Gasteiger partial charge in [-0.15, -0.1) is 0 Å². The number of thioether (sulfide) groups is 1. The second-order valence-corrected chi connectivity index (χ2v) is 6.32. The summed E-state index contributed by atoms with van der Waals surface area (Å²) in [6, 6.07) is 7.01. The van der Waals surface area contributed by atoms with E-state index in [1.807, 2.05) is 18.7 Å². The van der Waals surface area contributed by atoms with Crippen molar-refractivity contribution in [1.29, 1.82) is 0 Å². The summed E-state index contributed by atoms with van der Waals surface area (Å²) in [4.78, 5) is 30.1. The van der Waals surface area contributed by atoms with Gasteiger partial charge in [0, 0.05) is 19.5 Å². The monoisotopic (exact) mass is 339 g/mol. The molecule has 1 aromatic rings. The predicted octanol–water partition coefficient (Wildman–Crippen LogP) is 3.01. The molecule has 0 saturated carbocycles. The van der Waals surface area contributed by atoms with Gasteiger partial charge in [-0.05, 0) is 26.0 Å². The van der Waals surface area contributed by atoms with E-state index in [2.05, 4.69) is 10.3 Å². The van der Waals surface area contributed by atoms with Crippen LogP contribution in [-0.2, 0) is 9.59 Å². The van der Waals surface area contributed by atoms with Gasteiger partial charge in [0.05, 0.1) is 10.7 Å². The van der Waals surface area contributed by atoms with Crippen LogP contribution >= 0.6 is 23.4 Å². The molecule has 1 N–H and O–H groups in total. The number of halogens is 1. The molecule has 2 amide bonds. The van der Waals surface area contributed by atoms with E-state index in [9.17, 15) is 9.59 Å². The van der Waals surface area contributed by atoms with Crippen LogP contribution < -0.4 is 5.32 Å². The molecule has 1 aliphatic rings. The summed E-state index contributed by atoms with van der Waals surface area (Å²) in [5, 5.41) is 3.44. The number of amides is 2. The molecule has 1 atom stereocenters. The fourth-order valence-electron chi connectivity index (χ4n) is 2.07. The van der Waals surface area contributed by atoms with Gasteiger partial charge in [-0.2, -0.15) is 4.99 Å². The number of nitrogens with one attached hydrogen (secondary N) is 1. The molecule has 0 aliphatic carbocycles. The number of nitrogens with zero attached hydrogens (tertiary/aromatic N) is 2. The minimum atomic E-state index is -0.460. The molecule has 0 unspecified atom stereocenters. The highest BCUT2D eigenvalue weighted by molar-refractivity contribution is 8.15. The van der Waals surface area contributed by atoms with Crippen LogP contribution in [0.4, 0.5) is 5.69 Å². The zero-order valence-electron chi connectivity index (χ0n) is 12.5. The first kappa shape index (κ1) is 16.8. The molecule has 0 aromatic heterocycles. The van der Waals surface area contributed by atoms with E-state index in [1.54, 1.807) is 24.3 Å². The SMILES string of the molecule is CCN(CC)C1=NC(=O)[C@H](CC(=O)Nc2ccccc2Cl)S1. The molecule has 0 saturated heterocycles. The molecule has 118 valence electrons. The minimum absolute atomic E-state index is 0.0863. The van der Waals surface area contributed by atoms with Gasteiger partial charge >= 0.3 is 0 Å². The first-order valence-corrected chi connectivity index (χ1v) is 8.39. The maximum atomic E-state index is 12.1. The Morgan fingerprint density at radius 1 is 1.36 bits per heavy atom. The van der Waals surface area contributed by atoms with Crippen LogP contribution in [0, 0.1) is 0 Å². The molecule has 0 fully saturated rings. The van der Waals surface area contributed by atoms with E-state index in [-0.39, 0.29) is 18.2 Å². The van der Waals surface area contributed by atoms with Crippen molar-refractivity contribution < 1.29 is 9.59 Å². The van der Waals surface area contributed by atoms with E-state index < -0.39 is 5.25 Å². The van der Waals surface area contributed by atoms with Gasteiger partial charge < -0.3 is 10.2 Å². The number of carbonyl (C=O) groups is 2. The van der Waals surface area contributed by atoms with Gasteiger partial charge in [0.1, 0.15) is 5.25 Å². The van der Waals surface area contributed by atoms with Crippen molar-refractivity contribution in [1.82, 2.24) is 4.90 Å². The van der Waals surface area contributed by atoms with Gasteiger partial charge in [0.2, 0.25) is 5.91 Å². The van der Waals surface area contributed by atoms with Crippen LogP contribution in [0.5, 0.6) is 0 Å². The third kappa shape index (κ3) is 4.01. The third-order valence-electron chi connectivity index (χ3n) is 3.28. The molecular weight excluding hydrogens is 322 g/mol. The van der Waals surface area contributed by atoms with Gasteiger partial charge in [0.25, 0.3) is 5.91 Å². The third-order valence-corrected chi connectivity index (χ3v) is 4.82. The predicted molar refractivity (Wildman–Crippen MR) is 91.4 cm³/mol. The highest BCUT2D eigenvalue weighted by atomic mass is 35.5. The summed E-state index contributed by atoms with van der Waals surface area (Å²) >= 11 is 7.35. The normalized spacial score (nSPS) is 17.3. The summed E-state index contributed by atoms with van der Waals surface area (Å²) in [5.74, 6) is -0.490. The molecule has 1 heterocycles. The van der Waals surface area contributed by atoms with Crippen molar-refractivity contribution >= 4 is 46.0 Å². The average Bonchev–Trinajstić information content (AvgIpc) is 2.84. The Balaban J connectivity index is 1.94. The molecule has 0 bridgehead atoms. The van der Waals surface area contributed by atoms with Gasteiger partial charge in [-0.1, -0.05) is 35.5 Å². The fourth-order valence-corrected chi connectivity index (χ4v) is 3.45. The largest absolute Gasteiger partial charge is 0.352 e. The highest BCUT2D eigenvalue weighted by Gasteiger charge is 2.32. The van der Waals surface area contributed by atoms with Crippen molar-refractivity contribution in [3.8, 4) is 0 Å². The van der Waals surface area contributed by atoms with Crippen LogP contribution in [-0.4, -0.2) is 40.2 Å². The molecule has 2 rings (SSSR count). The lowest BCUT2D eigenvalue weighted by atomic mass is 10.2. The smallest absolute Gasteiger partial charge is 0.262 e. The fraction of sp³-hybridized carbons (Fsp3) is 0.400. The molecule has 1 aromatic carbocycles. The van der Waals surface area contributed by atoms with Crippen LogP contribution in [0.3, 0.4) is 0 Å². The number of rotatable bonds is 5. The lowest BCUT2D eigenvalue weighted by molar-refractivity contribution is -0.121. The van der Waals surface area contributed by atoms with Crippen molar-refractivity contribution in [2.24, 2.45) is 4.99 Å². The standard InChI is InChI=1S/C15H18ClN3O2S/c1-3-19(4-2)15-18-14(21)12(22-15)9-13(20)17-11-8-6-5-7-10(11)16/h5-8,12H,3-4,9H2,1-2H3,(H,17,20)/t12-/m0/s1. The van der Waals surface area contributed by atoms with Crippen molar-refractivity contribution in [2.45, 2.75) is 25.5 Å². The number of aliphatic imine (C=N–C) groups is 1. The lowest BCUT2D eigenvalue weighted by Crippen LogP contribution is -2.27. The van der Waals surface area contributed by atoms with Crippen molar-refractivity contribution in [3.05, 3.63) is 29.3 Å². The topological polar surface area (TPSA) is 61.8 Å². The zero-order chi connectivity index (χ0) is 16.1. The van der Waals surface area contributed by atoms with Crippen LogP contribution in [0.2, 0.25) is 5.02 Å². The maximum absolute atomic E-state index is 12.1. The van der Waals surface area contributed by atoms with E-state index in [4.69, 9.17) is 11.6 Å². The number of benzene rings is 1. The number of carbonyl (C=O) groups excluding carboxylic acids is 2. The molecule has 1 aliphatic heterocycles. The van der Waals surface area contributed by atoms with Gasteiger partial charge in [0.15, 0.2) is 5.17 Å². The van der Waals surface area contributed by atoms with E-state index in [1.165, 1.54) is 11.8 Å². The van der Waals surface area contributed by atoms with Crippen LogP contribution in [0.1, 0.15) is 20.3 Å². The highest BCUT2D eigenvalue weighted by Crippen LogP contribution is 2.28. The second-order valence-electron chi connectivity index (χ2n) is 4.74. The zero-order valence-corrected chi connectivity index (χ0v) is 14.1. The quantitative estimate of drug-likeness (QED) is 0.895. The maximum Gasteiger partial charge on any atom is 0.262 e. The van der Waals surface area contributed by atoms with E-state index >= 15 is 0 Å². The minimum Gasteiger partial charge on any atom is -0.352 e. The van der Waals surface area contributed by atoms with Crippen molar-refractivity contribution in [3.63, 3.8) is 0 Å². The van der Waals surface area contributed by atoms with E-state index in [0.29, 0.717) is 15.9 Å². The Hall–Kier alpha value is -1.53. The van der Waals surface area contributed by atoms with Crippen LogP contribution in [0.15, 0.2) is 29.3 Å². The number of anilines is 1. The van der Waals surface area contributed by atoms with Gasteiger partial charge in [-0.25, -0.2) is 0 Å². The number of hydrogen-bond donors (Lipinski definition) is 1. The molecule has 22 heavy (non-hydrogen) atoms. The Kier molecular flexibility index (Phi) is 5.85. The summed E-state index contributed by atoms with van der Waals surface area (Å²) in [5.41, 5.74) is 0.550. The first-order valence-electron chi connectivity index (χ1n) is 7.13. The average molecular weight is 340 g/mol.